The van der Waals surface area contributed by atoms with E-state index in [9.17, 15) is 12.8 Å². The predicted molar refractivity (Wildman–Crippen MR) is 110 cm³/mol. The summed E-state index contributed by atoms with van der Waals surface area (Å²) >= 11 is 0. The number of sulfonamides is 1. The average Bonchev–Trinajstić information content (AvgIpc) is 3.50. The molecule has 3 N–H and O–H groups in total. The number of anilines is 2. The van der Waals surface area contributed by atoms with Gasteiger partial charge in [0.2, 0.25) is 16.0 Å². The Hall–Kier alpha value is -3.11. The lowest BCUT2D eigenvalue weighted by molar-refractivity contribution is 0.299. The van der Waals surface area contributed by atoms with Gasteiger partial charge in [-0.2, -0.15) is 4.98 Å². The SMILES string of the molecule is NS(=O)(=O)Cc1cccc(Nc2ncnc(-c3ccc(F)cc3OCC3CC3)n2)c1. The lowest BCUT2D eigenvalue weighted by Crippen LogP contribution is -2.14. The molecule has 0 aliphatic heterocycles. The van der Waals surface area contributed by atoms with Crippen molar-refractivity contribution in [3.8, 4) is 17.1 Å². The van der Waals surface area contributed by atoms with Crippen molar-refractivity contribution in [1.82, 2.24) is 15.0 Å². The van der Waals surface area contributed by atoms with Crippen molar-refractivity contribution in [1.29, 1.82) is 0 Å². The number of ether oxygens (including phenoxy) is 1. The monoisotopic (exact) mass is 429 g/mol. The summed E-state index contributed by atoms with van der Waals surface area (Å²) < 4.78 is 42.1. The van der Waals surface area contributed by atoms with Gasteiger partial charge < -0.3 is 10.1 Å². The molecule has 1 saturated carbocycles. The molecule has 0 unspecified atom stereocenters. The fourth-order valence-electron chi connectivity index (χ4n) is 2.88. The molecular formula is C20H20FN5O3S. The van der Waals surface area contributed by atoms with Crippen LogP contribution in [0.2, 0.25) is 0 Å². The molecule has 1 aromatic heterocycles. The smallest absolute Gasteiger partial charge is 0.230 e. The van der Waals surface area contributed by atoms with Gasteiger partial charge in [0.1, 0.15) is 17.9 Å². The Bertz CT molecular complexity index is 1170. The number of benzene rings is 2. The third kappa shape index (κ3) is 5.49. The summed E-state index contributed by atoms with van der Waals surface area (Å²) in [6, 6.07) is 11.0. The summed E-state index contributed by atoms with van der Waals surface area (Å²) in [6.07, 6.45) is 3.58. The summed E-state index contributed by atoms with van der Waals surface area (Å²) in [5.74, 6) is 0.811. The van der Waals surface area contributed by atoms with Gasteiger partial charge in [-0.25, -0.2) is 27.9 Å². The summed E-state index contributed by atoms with van der Waals surface area (Å²) in [5, 5.41) is 8.13. The lowest BCUT2D eigenvalue weighted by atomic mass is 10.2. The molecule has 1 aliphatic rings. The normalized spacial score (nSPS) is 13.8. The van der Waals surface area contributed by atoms with Gasteiger partial charge in [0, 0.05) is 11.8 Å². The standard InChI is InChI=1S/C20H20FN5O3S/c21-15-6-7-17(18(9-15)29-10-13-4-5-13)19-23-12-24-20(26-19)25-16-3-1-2-14(8-16)11-30(22,27)28/h1-3,6-9,12-13H,4-5,10-11H2,(H2,22,27,28)(H,23,24,25,26). The van der Waals surface area contributed by atoms with Crippen LogP contribution in [-0.4, -0.2) is 30.0 Å². The van der Waals surface area contributed by atoms with Crippen molar-refractivity contribution in [2.45, 2.75) is 18.6 Å². The highest BCUT2D eigenvalue weighted by Gasteiger charge is 2.23. The number of rotatable bonds is 8. The Morgan fingerprint density at radius 1 is 1.17 bits per heavy atom. The summed E-state index contributed by atoms with van der Waals surface area (Å²) in [6.45, 7) is 0.531. The van der Waals surface area contributed by atoms with Crippen molar-refractivity contribution in [2.75, 3.05) is 11.9 Å². The maximum Gasteiger partial charge on any atom is 0.230 e. The van der Waals surface area contributed by atoms with Gasteiger partial charge in [-0.05, 0) is 48.6 Å². The number of hydrogen-bond acceptors (Lipinski definition) is 7. The number of aromatic nitrogens is 3. The minimum absolute atomic E-state index is 0.255. The van der Waals surface area contributed by atoms with E-state index in [4.69, 9.17) is 9.88 Å². The molecule has 0 atom stereocenters. The second-order valence-electron chi connectivity index (χ2n) is 7.16. The second kappa shape index (κ2) is 8.33. The third-order valence-electron chi connectivity index (χ3n) is 4.48. The van der Waals surface area contributed by atoms with E-state index in [-0.39, 0.29) is 11.7 Å². The third-order valence-corrected chi connectivity index (χ3v) is 5.21. The van der Waals surface area contributed by atoms with Gasteiger partial charge in [-0.3, -0.25) is 0 Å². The van der Waals surface area contributed by atoms with E-state index in [1.54, 1.807) is 30.3 Å². The molecule has 156 valence electrons. The van der Waals surface area contributed by atoms with Crippen LogP contribution in [0, 0.1) is 11.7 Å². The van der Waals surface area contributed by atoms with Crippen molar-refractivity contribution < 1.29 is 17.5 Å². The molecule has 8 nitrogen and oxygen atoms in total. The Labute approximate surface area is 173 Å². The summed E-state index contributed by atoms with van der Waals surface area (Å²) in [5.41, 5.74) is 1.69. The summed E-state index contributed by atoms with van der Waals surface area (Å²) in [4.78, 5) is 12.7. The van der Waals surface area contributed by atoms with Crippen LogP contribution < -0.4 is 15.2 Å². The van der Waals surface area contributed by atoms with E-state index >= 15 is 0 Å². The Balaban J connectivity index is 1.57. The first-order valence-corrected chi connectivity index (χ1v) is 11.1. The van der Waals surface area contributed by atoms with Crippen molar-refractivity contribution in [2.24, 2.45) is 11.1 Å². The number of hydrogen-bond donors (Lipinski definition) is 2. The molecule has 1 heterocycles. The molecule has 1 fully saturated rings. The maximum atomic E-state index is 13.7. The average molecular weight is 429 g/mol. The van der Waals surface area contributed by atoms with Crippen molar-refractivity contribution in [3.05, 3.63) is 60.2 Å². The largest absolute Gasteiger partial charge is 0.492 e. The maximum absolute atomic E-state index is 13.7. The fraction of sp³-hybridized carbons (Fsp3) is 0.250. The molecule has 4 rings (SSSR count). The van der Waals surface area contributed by atoms with E-state index in [2.05, 4.69) is 20.3 Å². The number of nitrogens with zero attached hydrogens (tertiary/aromatic N) is 3. The Morgan fingerprint density at radius 2 is 2.00 bits per heavy atom. The number of nitrogens with one attached hydrogen (secondary N) is 1. The first kappa shape index (κ1) is 20.2. The van der Waals surface area contributed by atoms with Crippen LogP contribution in [0.5, 0.6) is 5.75 Å². The summed E-state index contributed by atoms with van der Waals surface area (Å²) in [7, 11) is -3.64. The van der Waals surface area contributed by atoms with E-state index in [0.29, 0.717) is 40.9 Å². The zero-order chi connectivity index (χ0) is 21.1. The molecule has 3 aromatic rings. The molecule has 10 heteroatoms. The molecule has 0 bridgehead atoms. The van der Waals surface area contributed by atoms with Crippen LogP contribution in [0.3, 0.4) is 0 Å². The van der Waals surface area contributed by atoms with Gasteiger partial charge in [-0.1, -0.05) is 12.1 Å². The minimum atomic E-state index is -3.64. The number of primary sulfonamides is 1. The zero-order valence-corrected chi connectivity index (χ0v) is 16.8. The lowest BCUT2D eigenvalue weighted by Gasteiger charge is -2.11. The van der Waals surface area contributed by atoms with Gasteiger partial charge in [0.25, 0.3) is 0 Å². The zero-order valence-electron chi connectivity index (χ0n) is 16.0. The fourth-order valence-corrected chi connectivity index (χ4v) is 3.52. The van der Waals surface area contributed by atoms with E-state index in [1.807, 2.05) is 0 Å². The van der Waals surface area contributed by atoms with Crippen LogP contribution in [-0.2, 0) is 15.8 Å². The van der Waals surface area contributed by atoms with Crippen LogP contribution in [0.1, 0.15) is 18.4 Å². The molecule has 0 spiro atoms. The van der Waals surface area contributed by atoms with E-state index in [0.717, 1.165) is 12.8 Å². The van der Waals surface area contributed by atoms with Crippen molar-refractivity contribution in [3.63, 3.8) is 0 Å². The highest BCUT2D eigenvalue weighted by atomic mass is 32.2. The van der Waals surface area contributed by atoms with Crippen LogP contribution in [0.25, 0.3) is 11.4 Å². The minimum Gasteiger partial charge on any atom is -0.492 e. The highest BCUT2D eigenvalue weighted by Crippen LogP contribution is 2.33. The van der Waals surface area contributed by atoms with Crippen LogP contribution in [0.4, 0.5) is 16.0 Å². The van der Waals surface area contributed by atoms with Crippen molar-refractivity contribution >= 4 is 21.7 Å². The van der Waals surface area contributed by atoms with Gasteiger partial charge in [0.05, 0.1) is 17.9 Å². The van der Waals surface area contributed by atoms with Crippen LogP contribution in [0.15, 0.2) is 48.8 Å². The Morgan fingerprint density at radius 3 is 2.77 bits per heavy atom. The first-order valence-electron chi connectivity index (χ1n) is 9.34. The first-order chi connectivity index (χ1) is 14.4. The molecule has 0 amide bonds. The predicted octanol–water partition coefficient (Wildman–Crippen LogP) is 3.00. The molecule has 2 aromatic carbocycles. The molecule has 0 radical (unpaired) electrons. The topological polar surface area (TPSA) is 120 Å². The van der Waals surface area contributed by atoms with Gasteiger partial charge in [0.15, 0.2) is 5.82 Å². The van der Waals surface area contributed by atoms with Gasteiger partial charge in [-0.15, -0.1) is 0 Å². The molecule has 0 saturated heterocycles. The van der Waals surface area contributed by atoms with E-state index < -0.39 is 15.8 Å². The highest BCUT2D eigenvalue weighted by molar-refractivity contribution is 7.88. The molecule has 30 heavy (non-hydrogen) atoms. The quantitative estimate of drug-likeness (QED) is 0.565. The number of nitrogens with two attached hydrogens (primary N) is 1. The van der Waals surface area contributed by atoms with E-state index in [1.165, 1.54) is 18.5 Å². The number of halogens is 1. The molecular weight excluding hydrogens is 409 g/mol. The van der Waals surface area contributed by atoms with Gasteiger partial charge >= 0.3 is 0 Å². The second-order valence-corrected chi connectivity index (χ2v) is 8.77. The molecule has 1 aliphatic carbocycles. The Kier molecular flexibility index (Phi) is 5.60. The van der Waals surface area contributed by atoms with Crippen LogP contribution >= 0.6 is 0 Å².